The number of carboxylic acid groups (broad SMARTS) is 1. The molecule has 0 aliphatic carbocycles. The first-order valence-electron chi connectivity index (χ1n) is 5.08. The lowest BCUT2D eigenvalue weighted by Gasteiger charge is -1.89. The fourth-order valence-electron chi connectivity index (χ4n) is 0.953. The molecule has 0 amide bonds. The van der Waals surface area contributed by atoms with Gasteiger partial charge in [0, 0.05) is 6.07 Å². The topological polar surface area (TPSA) is 127 Å². The van der Waals surface area contributed by atoms with Gasteiger partial charge in [-0.15, -0.1) is 0 Å². The molecule has 20 heavy (non-hydrogen) atoms. The molecular weight excluding hydrogens is 272 g/mol. The zero-order chi connectivity index (χ0) is 15.4. The summed E-state index contributed by atoms with van der Waals surface area (Å²) >= 11 is 0. The second-order valence-corrected chi connectivity index (χ2v) is 2.95. The third-order valence-electron chi connectivity index (χ3n) is 1.73. The molecule has 0 aliphatic heterocycles. The van der Waals surface area contributed by atoms with Crippen molar-refractivity contribution in [3.8, 4) is 5.95 Å². The van der Waals surface area contributed by atoms with Crippen LogP contribution in [0, 0.1) is 0 Å². The summed E-state index contributed by atoms with van der Waals surface area (Å²) < 4.78 is 14.1. The summed E-state index contributed by atoms with van der Waals surface area (Å²) in [5.74, 6) is -0.106. The number of carbonyl (C=O) groups excluding carboxylic acids is 2. The number of aliphatic hydroxyl groups is 1. The minimum atomic E-state index is -1.03. The summed E-state index contributed by atoms with van der Waals surface area (Å²) in [6.45, 7) is -0.0800. The largest absolute Gasteiger partial charge is 0.475 e. The van der Waals surface area contributed by atoms with Crippen LogP contribution in [-0.2, 0) is 16.2 Å². The maximum absolute atomic E-state index is 9.97. The number of rotatable bonds is 3. The van der Waals surface area contributed by atoms with Gasteiger partial charge in [-0.3, -0.25) is 0 Å². The Bertz CT molecular complexity index is 501. The van der Waals surface area contributed by atoms with Crippen LogP contribution < -0.4 is 4.74 Å². The van der Waals surface area contributed by atoms with E-state index in [1.54, 1.807) is 12.1 Å². The molecule has 0 aromatic carbocycles. The average molecular weight is 284 g/mol. The third-order valence-corrected chi connectivity index (χ3v) is 1.73. The minimum absolute atomic E-state index is 0.0231. The van der Waals surface area contributed by atoms with Crippen LogP contribution in [-0.4, -0.2) is 29.4 Å². The molecule has 0 spiro atoms. The molecule has 2 N–H and O–H groups in total. The summed E-state index contributed by atoms with van der Waals surface area (Å²) in [5, 5.41) is 16.7. The van der Waals surface area contributed by atoms with Gasteiger partial charge in [0.15, 0.2) is 0 Å². The van der Waals surface area contributed by atoms with E-state index in [2.05, 4.69) is 4.42 Å². The number of ether oxygens (including phenoxy) is 1. The van der Waals surface area contributed by atoms with Crippen LogP contribution in [0.3, 0.4) is 0 Å². The Hall–Kier alpha value is -2.83. The van der Waals surface area contributed by atoms with Gasteiger partial charge >= 0.3 is 12.1 Å². The first kappa shape index (κ1) is 17.2. The molecule has 0 fully saturated rings. The molecule has 8 heteroatoms. The molecular formula is C12H12O8. The van der Waals surface area contributed by atoms with Gasteiger partial charge in [0.05, 0.1) is 13.4 Å². The second kappa shape index (κ2) is 10.1. The highest BCUT2D eigenvalue weighted by Gasteiger charge is 2.01. The van der Waals surface area contributed by atoms with E-state index in [-0.39, 0.29) is 18.5 Å². The molecule has 2 aromatic rings. The first-order chi connectivity index (χ1) is 9.58. The van der Waals surface area contributed by atoms with Crippen LogP contribution in [0.25, 0.3) is 0 Å². The Labute approximate surface area is 113 Å². The molecule has 0 atom stereocenters. The fraction of sp³-hybridized carbons (Fsp3) is 0.167. The summed E-state index contributed by atoms with van der Waals surface area (Å²) in [6, 6.07) is 6.25. The van der Waals surface area contributed by atoms with E-state index in [0.717, 1.165) is 0 Å². The first-order valence-corrected chi connectivity index (χ1v) is 5.08. The third kappa shape index (κ3) is 6.80. The van der Waals surface area contributed by atoms with E-state index >= 15 is 0 Å². The Kier molecular flexibility index (Phi) is 8.69. The fourth-order valence-corrected chi connectivity index (χ4v) is 0.953. The molecule has 2 rings (SSSR count). The maximum Gasteiger partial charge on any atom is 0.373 e. The molecule has 0 aliphatic rings. The summed E-state index contributed by atoms with van der Waals surface area (Å²) in [5.41, 5.74) is 0. The zero-order valence-corrected chi connectivity index (χ0v) is 10.4. The van der Waals surface area contributed by atoms with E-state index in [1.807, 2.05) is 0 Å². The van der Waals surface area contributed by atoms with Crippen molar-refractivity contribution in [2.75, 3.05) is 7.11 Å². The monoisotopic (exact) mass is 284 g/mol. The van der Waals surface area contributed by atoms with Gasteiger partial charge < -0.3 is 23.8 Å². The van der Waals surface area contributed by atoms with E-state index < -0.39 is 5.97 Å². The number of carbonyl (C=O) groups is 1. The molecule has 0 saturated heterocycles. The van der Waals surface area contributed by atoms with E-state index in [1.165, 1.54) is 25.5 Å². The number of aliphatic hydroxyl groups excluding tert-OH is 1. The number of aromatic carboxylic acids is 1. The summed E-state index contributed by atoms with van der Waals surface area (Å²) in [4.78, 5) is 26.2. The predicted molar refractivity (Wildman–Crippen MR) is 61.9 cm³/mol. The number of hydrogen-bond acceptors (Lipinski definition) is 7. The molecule has 2 heterocycles. The number of hydrogen-bond donors (Lipinski definition) is 2. The van der Waals surface area contributed by atoms with Crippen molar-refractivity contribution in [1.82, 2.24) is 0 Å². The van der Waals surface area contributed by atoms with Crippen LogP contribution in [0.4, 0.5) is 0 Å². The van der Waals surface area contributed by atoms with Gasteiger partial charge in [0.25, 0.3) is 5.95 Å². The standard InChI is InChI=1S/C6H8O3.C5H4O3.CO2/c1-8-6-3-2-5(4-7)9-6;6-5(7)4-2-1-3-8-4;2-1-3/h2-3,7H,4H2,1H3;1-3H,(H,6,7);. The highest BCUT2D eigenvalue weighted by Crippen LogP contribution is 2.14. The predicted octanol–water partition coefficient (Wildman–Crippen LogP) is 1.17. The highest BCUT2D eigenvalue weighted by molar-refractivity contribution is 5.84. The van der Waals surface area contributed by atoms with E-state index in [4.69, 9.17) is 29.0 Å². The number of carboxylic acids is 1. The number of furan rings is 2. The van der Waals surface area contributed by atoms with Gasteiger partial charge in [0.1, 0.15) is 12.4 Å². The van der Waals surface area contributed by atoms with Crippen molar-refractivity contribution in [1.29, 1.82) is 0 Å². The van der Waals surface area contributed by atoms with Gasteiger partial charge in [-0.25, -0.2) is 4.79 Å². The van der Waals surface area contributed by atoms with Gasteiger partial charge in [-0.05, 0) is 18.2 Å². The molecule has 0 bridgehead atoms. The second-order valence-electron chi connectivity index (χ2n) is 2.95. The summed E-state index contributed by atoms with van der Waals surface area (Å²) in [7, 11) is 1.51. The van der Waals surface area contributed by atoms with Crippen molar-refractivity contribution in [2.45, 2.75) is 6.61 Å². The summed E-state index contributed by atoms with van der Waals surface area (Å²) in [6.07, 6.45) is 1.57. The molecule has 0 unspecified atom stereocenters. The van der Waals surface area contributed by atoms with Crippen LogP contribution in [0.2, 0.25) is 0 Å². The quantitative estimate of drug-likeness (QED) is 0.859. The van der Waals surface area contributed by atoms with Gasteiger partial charge in [-0.1, -0.05) is 0 Å². The van der Waals surface area contributed by atoms with Crippen molar-refractivity contribution >= 4 is 12.1 Å². The van der Waals surface area contributed by atoms with Crippen LogP contribution >= 0.6 is 0 Å². The molecule has 0 saturated carbocycles. The van der Waals surface area contributed by atoms with Crippen molar-refractivity contribution < 1.29 is 38.2 Å². The number of methoxy groups -OCH3 is 1. The minimum Gasteiger partial charge on any atom is -0.475 e. The Morgan fingerprint density at radius 1 is 1.35 bits per heavy atom. The Morgan fingerprint density at radius 3 is 2.25 bits per heavy atom. The lowest BCUT2D eigenvalue weighted by Crippen LogP contribution is -1.90. The normalized spacial score (nSPS) is 8.30. The average Bonchev–Trinajstić information content (AvgIpc) is 3.11. The zero-order valence-electron chi connectivity index (χ0n) is 10.4. The molecule has 2 aromatic heterocycles. The van der Waals surface area contributed by atoms with E-state index in [0.29, 0.717) is 11.7 Å². The van der Waals surface area contributed by atoms with Crippen LogP contribution in [0.1, 0.15) is 16.3 Å². The molecule has 8 nitrogen and oxygen atoms in total. The van der Waals surface area contributed by atoms with Crippen molar-refractivity contribution in [2.24, 2.45) is 0 Å². The van der Waals surface area contributed by atoms with Crippen molar-refractivity contribution in [3.63, 3.8) is 0 Å². The molecule has 0 radical (unpaired) electrons. The molecule has 108 valence electrons. The lowest BCUT2D eigenvalue weighted by molar-refractivity contribution is -0.191. The van der Waals surface area contributed by atoms with Crippen LogP contribution in [0.15, 0.2) is 39.4 Å². The maximum atomic E-state index is 9.97. The SMILES string of the molecule is COc1ccc(CO)o1.O=C(O)c1ccco1.O=C=O. The Balaban J connectivity index is 0.000000304. The van der Waals surface area contributed by atoms with Gasteiger partial charge in [-0.2, -0.15) is 9.59 Å². The van der Waals surface area contributed by atoms with Gasteiger partial charge in [0.2, 0.25) is 5.76 Å². The smallest absolute Gasteiger partial charge is 0.373 e. The lowest BCUT2D eigenvalue weighted by atomic mass is 10.5. The Morgan fingerprint density at radius 2 is 2.00 bits per heavy atom. The van der Waals surface area contributed by atoms with Crippen LogP contribution in [0.5, 0.6) is 5.95 Å². The van der Waals surface area contributed by atoms with E-state index in [9.17, 15) is 4.79 Å². The van der Waals surface area contributed by atoms with Crippen molar-refractivity contribution in [3.05, 3.63) is 42.0 Å². The highest BCUT2D eigenvalue weighted by atomic mass is 16.6.